The quantitative estimate of drug-likeness (QED) is 0.675. The molecule has 5 atom stereocenters. The first kappa shape index (κ1) is 12.5. The molecule has 88 valence electrons. The second-order valence-electron chi connectivity index (χ2n) is 4.36. The van der Waals surface area contributed by atoms with Crippen molar-refractivity contribution < 1.29 is 14.6 Å². The summed E-state index contributed by atoms with van der Waals surface area (Å²) < 4.78 is 4.99. The van der Waals surface area contributed by atoms with Crippen molar-refractivity contribution in [1.29, 1.82) is 0 Å². The predicted octanol–water partition coefficient (Wildman–Crippen LogP) is 0.543. The molecule has 0 unspecified atom stereocenters. The van der Waals surface area contributed by atoms with E-state index in [1.165, 1.54) is 0 Å². The predicted molar refractivity (Wildman–Crippen MR) is 57.4 cm³/mol. The molecule has 1 aliphatic rings. The minimum atomic E-state index is -0.401. The number of rotatable bonds is 3. The van der Waals surface area contributed by atoms with E-state index in [0.29, 0.717) is 6.61 Å². The van der Waals surface area contributed by atoms with Crippen LogP contribution in [-0.4, -0.2) is 35.9 Å². The number of carbonyl (C=O) groups is 1. The molecule has 4 heteroatoms. The first-order valence-corrected chi connectivity index (χ1v) is 5.59. The number of aliphatic hydroxyl groups excluding tert-OH is 1. The van der Waals surface area contributed by atoms with E-state index < -0.39 is 6.10 Å². The van der Waals surface area contributed by atoms with Gasteiger partial charge >= 0.3 is 5.97 Å². The van der Waals surface area contributed by atoms with Gasteiger partial charge in [-0.3, -0.25) is 4.79 Å². The zero-order valence-corrected chi connectivity index (χ0v) is 9.86. The van der Waals surface area contributed by atoms with Crippen LogP contribution >= 0.6 is 0 Å². The number of nitrogens with one attached hydrogen (secondary N) is 1. The van der Waals surface area contributed by atoms with Crippen LogP contribution in [0.2, 0.25) is 0 Å². The van der Waals surface area contributed by atoms with Crippen LogP contribution in [0.1, 0.15) is 27.7 Å². The van der Waals surface area contributed by atoms with Gasteiger partial charge in [-0.15, -0.1) is 0 Å². The lowest BCUT2D eigenvalue weighted by Crippen LogP contribution is -2.38. The Labute approximate surface area is 91.0 Å². The van der Waals surface area contributed by atoms with Gasteiger partial charge in [0.1, 0.15) is 6.04 Å². The molecular weight excluding hydrogens is 194 g/mol. The maximum atomic E-state index is 11.6. The highest BCUT2D eigenvalue weighted by atomic mass is 16.5. The van der Waals surface area contributed by atoms with Crippen LogP contribution in [0.5, 0.6) is 0 Å². The molecule has 4 nitrogen and oxygen atoms in total. The third-order valence-electron chi connectivity index (χ3n) is 3.25. The van der Waals surface area contributed by atoms with Gasteiger partial charge in [0.05, 0.1) is 12.7 Å². The van der Waals surface area contributed by atoms with E-state index in [4.69, 9.17) is 4.74 Å². The molecule has 1 heterocycles. The highest BCUT2D eigenvalue weighted by Gasteiger charge is 2.44. The molecule has 1 saturated heterocycles. The Balaban J connectivity index is 2.68. The molecule has 1 fully saturated rings. The Morgan fingerprint density at radius 2 is 2.13 bits per heavy atom. The highest BCUT2D eigenvalue weighted by molar-refractivity contribution is 5.76. The molecule has 0 aromatic carbocycles. The SMILES string of the molecule is CCOC(=O)[C@@H]1N[C@H](C)[C@H]([C@@H](C)O)[C@@H]1C. The standard InChI is InChI=1S/C11H21NO3/c1-5-15-11(14)10-6(2)9(8(4)13)7(3)12-10/h6-10,12-13H,5H2,1-4H3/t6-,7+,8+,9+,10+/m0/s1. The Kier molecular flexibility index (Phi) is 4.11. The average molecular weight is 215 g/mol. The summed E-state index contributed by atoms with van der Waals surface area (Å²) in [6, 6.07) is -0.131. The molecule has 0 bridgehead atoms. The Bertz CT molecular complexity index is 230. The fraction of sp³-hybridized carbons (Fsp3) is 0.909. The van der Waals surface area contributed by atoms with Gasteiger partial charge in [0.15, 0.2) is 0 Å². The molecule has 2 N–H and O–H groups in total. The molecule has 0 aromatic heterocycles. The summed E-state index contributed by atoms with van der Waals surface area (Å²) in [6.07, 6.45) is -0.401. The smallest absolute Gasteiger partial charge is 0.323 e. The molecule has 0 radical (unpaired) electrons. The minimum Gasteiger partial charge on any atom is -0.465 e. The highest BCUT2D eigenvalue weighted by Crippen LogP contribution is 2.30. The van der Waals surface area contributed by atoms with Crippen LogP contribution in [0.15, 0.2) is 0 Å². The summed E-state index contributed by atoms with van der Waals surface area (Å²) in [5.74, 6) is 0.0125. The summed E-state index contributed by atoms with van der Waals surface area (Å²) in [6.45, 7) is 7.94. The molecule has 1 rings (SSSR count). The number of ether oxygens (including phenoxy) is 1. The van der Waals surface area contributed by atoms with Crippen LogP contribution in [0, 0.1) is 11.8 Å². The molecule has 15 heavy (non-hydrogen) atoms. The van der Waals surface area contributed by atoms with Crippen LogP contribution in [0.4, 0.5) is 0 Å². The van der Waals surface area contributed by atoms with Crippen molar-refractivity contribution in [3.63, 3.8) is 0 Å². The Morgan fingerprint density at radius 1 is 1.53 bits per heavy atom. The topological polar surface area (TPSA) is 58.6 Å². The first-order valence-electron chi connectivity index (χ1n) is 5.59. The second kappa shape index (κ2) is 4.94. The summed E-state index contributed by atoms with van der Waals surface area (Å²) in [7, 11) is 0. The average Bonchev–Trinajstić information content (AvgIpc) is 2.42. The fourth-order valence-electron chi connectivity index (χ4n) is 2.60. The lowest BCUT2D eigenvalue weighted by molar-refractivity contribution is -0.146. The van der Waals surface area contributed by atoms with Gasteiger partial charge < -0.3 is 15.2 Å². The third kappa shape index (κ3) is 2.49. The fourth-order valence-corrected chi connectivity index (χ4v) is 2.60. The monoisotopic (exact) mass is 215 g/mol. The van der Waals surface area contributed by atoms with E-state index in [2.05, 4.69) is 5.32 Å². The summed E-state index contributed by atoms with van der Waals surface area (Å²) in [5.41, 5.74) is 0. The van der Waals surface area contributed by atoms with Crippen molar-refractivity contribution in [1.82, 2.24) is 5.32 Å². The van der Waals surface area contributed by atoms with Gasteiger partial charge in [-0.2, -0.15) is 0 Å². The van der Waals surface area contributed by atoms with Gasteiger partial charge in [0.25, 0.3) is 0 Å². The minimum absolute atomic E-state index is 0.110. The van der Waals surface area contributed by atoms with Gasteiger partial charge in [-0.1, -0.05) is 6.92 Å². The van der Waals surface area contributed by atoms with Gasteiger partial charge in [0.2, 0.25) is 0 Å². The van der Waals surface area contributed by atoms with Crippen LogP contribution in [-0.2, 0) is 9.53 Å². The maximum Gasteiger partial charge on any atom is 0.323 e. The van der Waals surface area contributed by atoms with Crippen molar-refractivity contribution in [3.05, 3.63) is 0 Å². The van der Waals surface area contributed by atoms with Crippen LogP contribution in [0.25, 0.3) is 0 Å². The largest absolute Gasteiger partial charge is 0.465 e. The maximum absolute atomic E-state index is 11.6. The first-order chi connectivity index (χ1) is 6.99. The van der Waals surface area contributed by atoms with E-state index in [1.807, 2.05) is 13.8 Å². The molecule has 1 aliphatic heterocycles. The van der Waals surface area contributed by atoms with Crippen LogP contribution in [0.3, 0.4) is 0 Å². The summed E-state index contributed by atoms with van der Waals surface area (Å²) in [4.78, 5) is 11.6. The molecule has 0 aliphatic carbocycles. The Hall–Kier alpha value is -0.610. The van der Waals surface area contributed by atoms with Crippen molar-refractivity contribution >= 4 is 5.97 Å². The number of esters is 1. The van der Waals surface area contributed by atoms with Crippen molar-refractivity contribution in [2.24, 2.45) is 11.8 Å². The number of hydrogen-bond acceptors (Lipinski definition) is 4. The normalized spacial score (nSPS) is 37.7. The molecule has 0 amide bonds. The lowest BCUT2D eigenvalue weighted by atomic mass is 9.85. The van der Waals surface area contributed by atoms with Gasteiger partial charge in [0, 0.05) is 12.0 Å². The lowest BCUT2D eigenvalue weighted by Gasteiger charge is -2.22. The van der Waals surface area contributed by atoms with Crippen LogP contribution < -0.4 is 5.32 Å². The summed E-state index contributed by atoms with van der Waals surface area (Å²) >= 11 is 0. The summed E-state index contributed by atoms with van der Waals surface area (Å²) in [5, 5.41) is 12.8. The number of hydrogen-bond donors (Lipinski definition) is 2. The number of carbonyl (C=O) groups excluding carboxylic acids is 1. The van der Waals surface area contributed by atoms with E-state index in [9.17, 15) is 9.90 Å². The number of aliphatic hydroxyl groups is 1. The third-order valence-corrected chi connectivity index (χ3v) is 3.25. The molecule has 0 saturated carbocycles. The van der Waals surface area contributed by atoms with E-state index in [-0.39, 0.29) is 29.9 Å². The zero-order valence-electron chi connectivity index (χ0n) is 9.86. The van der Waals surface area contributed by atoms with E-state index in [0.717, 1.165) is 0 Å². The van der Waals surface area contributed by atoms with Crippen molar-refractivity contribution in [2.45, 2.75) is 45.9 Å². The Morgan fingerprint density at radius 3 is 2.53 bits per heavy atom. The van der Waals surface area contributed by atoms with Crippen molar-refractivity contribution in [2.75, 3.05) is 6.61 Å². The van der Waals surface area contributed by atoms with Crippen molar-refractivity contribution in [3.8, 4) is 0 Å². The van der Waals surface area contributed by atoms with Gasteiger partial charge in [-0.05, 0) is 26.7 Å². The molecular formula is C11H21NO3. The zero-order chi connectivity index (χ0) is 11.6. The molecule has 0 aromatic rings. The van der Waals surface area contributed by atoms with E-state index >= 15 is 0 Å². The molecule has 0 spiro atoms. The second-order valence-corrected chi connectivity index (χ2v) is 4.36. The van der Waals surface area contributed by atoms with Gasteiger partial charge in [-0.25, -0.2) is 0 Å². The van der Waals surface area contributed by atoms with E-state index in [1.54, 1.807) is 13.8 Å².